The summed E-state index contributed by atoms with van der Waals surface area (Å²) in [4.78, 5) is 11.4. The zero-order chi connectivity index (χ0) is 15.4. The van der Waals surface area contributed by atoms with Crippen LogP contribution in [0.2, 0.25) is 0 Å². The molecule has 3 rings (SSSR count). The Morgan fingerprint density at radius 3 is 2.59 bits per heavy atom. The fraction of sp³-hybridized carbons (Fsp3) is 0.389. The number of nitrogens with one attached hydrogen (secondary N) is 1. The van der Waals surface area contributed by atoms with E-state index in [-0.39, 0.29) is 5.97 Å². The summed E-state index contributed by atoms with van der Waals surface area (Å²) in [5.41, 5.74) is 1.50. The molecular weight excluding hydrogens is 278 g/mol. The van der Waals surface area contributed by atoms with Crippen LogP contribution in [0.3, 0.4) is 0 Å². The molecule has 1 fully saturated rings. The maximum atomic E-state index is 11.4. The molecule has 4 nitrogen and oxygen atoms in total. The van der Waals surface area contributed by atoms with Gasteiger partial charge in [0.2, 0.25) is 0 Å². The topological polar surface area (TPSA) is 51.5 Å². The largest absolute Gasteiger partial charge is 0.465 e. The van der Waals surface area contributed by atoms with E-state index in [0.29, 0.717) is 11.6 Å². The number of methoxy groups -OCH3 is 1. The van der Waals surface area contributed by atoms with Gasteiger partial charge in [0.15, 0.2) is 0 Å². The maximum Gasteiger partial charge on any atom is 0.337 e. The molecule has 1 aliphatic carbocycles. The molecule has 4 heteroatoms. The minimum absolute atomic E-state index is 0.326. The molecule has 0 atom stereocenters. The summed E-state index contributed by atoms with van der Waals surface area (Å²) in [6, 6.07) is 11.9. The number of rotatable bonds is 5. The third-order valence-corrected chi connectivity index (χ3v) is 4.17. The van der Waals surface area contributed by atoms with Crippen LogP contribution in [0.4, 0.5) is 0 Å². The molecule has 1 N–H and O–H groups in total. The Kier molecular flexibility index (Phi) is 4.59. The van der Waals surface area contributed by atoms with Crippen molar-refractivity contribution in [2.45, 2.75) is 38.3 Å². The smallest absolute Gasteiger partial charge is 0.337 e. The second-order valence-electron chi connectivity index (χ2n) is 5.70. The normalized spacial score (nSPS) is 15.1. The molecule has 1 heterocycles. The molecule has 0 bridgehead atoms. The molecule has 22 heavy (non-hydrogen) atoms. The summed E-state index contributed by atoms with van der Waals surface area (Å²) in [6.45, 7) is 0.769. The first kappa shape index (κ1) is 14.9. The highest BCUT2D eigenvalue weighted by atomic mass is 16.5. The first-order valence-corrected chi connectivity index (χ1v) is 7.77. The van der Waals surface area contributed by atoms with Crippen LogP contribution in [0.5, 0.6) is 0 Å². The molecule has 0 aliphatic heterocycles. The number of hydrogen-bond acceptors (Lipinski definition) is 4. The quantitative estimate of drug-likeness (QED) is 0.854. The van der Waals surface area contributed by atoms with Crippen molar-refractivity contribution < 1.29 is 13.9 Å². The Balaban J connectivity index is 1.63. The fourth-order valence-corrected chi connectivity index (χ4v) is 2.89. The zero-order valence-electron chi connectivity index (χ0n) is 12.8. The van der Waals surface area contributed by atoms with Gasteiger partial charge < -0.3 is 14.5 Å². The first-order valence-electron chi connectivity index (χ1n) is 7.77. The van der Waals surface area contributed by atoms with E-state index in [1.807, 2.05) is 24.3 Å². The third kappa shape index (κ3) is 3.39. The summed E-state index contributed by atoms with van der Waals surface area (Å²) in [5, 5.41) is 3.54. The van der Waals surface area contributed by atoms with Gasteiger partial charge in [-0.05, 0) is 37.1 Å². The lowest BCUT2D eigenvalue weighted by atomic mass is 10.1. The van der Waals surface area contributed by atoms with Crippen LogP contribution < -0.4 is 5.32 Å². The van der Waals surface area contributed by atoms with Gasteiger partial charge in [-0.15, -0.1) is 0 Å². The number of esters is 1. The van der Waals surface area contributed by atoms with E-state index in [4.69, 9.17) is 9.15 Å². The Morgan fingerprint density at radius 1 is 1.18 bits per heavy atom. The molecule has 2 aromatic rings. The summed E-state index contributed by atoms with van der Waals surface area (Å²) in [7, 11) is 1.38. The molecule has 0 amide bonds. The van der Waals surface area contributed by atoms with Crippen molar-refractivity contribution in [2.24, 2.45) is 0 Å². The average molecular weight is 299 g/mol. The first-order chi connectivity index (χ1) is 10.8. The van der Waals surface area contributed by atoms with Crippen LogP contribution in [0.25, 0.3) is 11.3 Å². The van der Waals surface area contributed by atoms with E-state index in [2.05, 4.69) is 5.32 Å². The lowest BCUT2D eigenvalue weighted by Gasteiger charge is -2.09. The number of carbonyl (C=O) groups is 1. The standard InChI is InChI=1S/C18H21NO3/c1-21-18(20)14-8-6-13(7-9-14)17-11-10-16(22-17)12-19-15-4-2-3-5-15/h6-11,15,19H,2-5,12H2,1H3. The molecule has 1 aromatic heterocycles. The summed E-state index contributed by atoms with van der Waals surface area (Å²) < 4.78 is 10.6. The summed E-state index contributed by atoms with van der Waals surface area (Å²) >= 11 is 0. The predicted octanol–water partition coefficient (Wildman–Crippen LogP) is 3.77. The van der Waals surface area contributed by atoms with E-state index in [9.17, 15) is 4.79 Å². The number of hydrogen-bond donors (Lipinski definition) is 1. The SMILES string of the molecule is COC(=O)c1ccc(-c2ccc(CNC3CCCC3)o2)cc1. The highest BCUT2D eigenvalue weighted by Crippen LogP contribution is 2.23. The molecule has 1 aliphatic rings. The van der Waals surface area contributed by atoms with Crippen LogP contribution in [0.15, 0.2) is 40.8 Å². The van der Waals surface area contributed by atoms with E-state index >= 15 is 0 Å². The number of carbonyl (C=O) groups excluding carboxylic acids is 1. The molecule has 0 unspecified atom stereocenters. The van der Waals surface area contributed by atoms with Crippen LogP contribution in [-0.2, 0) is 11.3 Å². The monoisotopic (exact) mass is 299 g/mol. The number of ether oxygens (including phenoxy) is 1. The average Bonchev–Trinajstić information content (AvgIpc) is 3.24. The Morgan fingerprint density at radius 2 is 1.91 bits per heavy atom. The van der Waals surface area contributed by atoms with Crippen LogP contribution in [0, 0.1) is 0 Å². The van der Waals surface area contributed by atoms with Crippen molar-refractivity contribution >= 4 is 5.97 Å². The van der Waals surface area contributed by atoms with Crippen LogP contribution >= 0.6 is 0 Å². The van der Waals surface area contributed by atoms with Crippen molar-refractivity contribution in [3.8, 4) is 11.3 Å². The minimum Gasteiger partial charge on any atom is -0.465 e. The molecule has 0 spiro atoms. The second kappa shape index (κ2) is 6.79. The van der Waals surface area contributed by atoms with Crippen molar-refractivity contribution in [3.05, 3.63) is 47.7 Å². The minimum atomic E-state index is -0.326. The Hall–Kier alpha value is -2.07. The lowest BCUT2D eigenvalue weighted by molar-refractivity contribution is 0.0601. The molecule has 1 aromatic carbocycles. The van der Waals surface area contributed by atoms with Crippen molar-refractivity contribution in [1.29, 1.82) is 0 Å². The number of benzene rings is 1. The van der Waals surface area contributed by atoms with Gasteiger partial charge in [0, 0.05) is 11.6 Å². The fourth-order valence-electron chi connectivity index (χ4n) is 2.89. The van der Waals surface area contributed by atoms with E-state index in [1.54, 1.807) is 12.1 Å². The number of furan rings is 1. The van der Waals surface area contributed by atoms with Crippen molar-refractivity contribution in [2.75, 3.05) is 7.11 Å². The van der Waals surface area contributed by atoms with Gasteiger partial charge in [-0.3, -0.25) is 0 Å². The van der Waals surface area contributed by atoms with Crippen LogP contribution in [0.1, 0.15) is 41.8 Å². The van der Waals surface area contributed by atoms with Crippen molar-refractivity contribution in [3.63, 3.8) is 0 Å². The van der Waals surface area contributed by atoms with Gasteiger partial charge in [0.1, 0.15) is 11.5 Å². The van der Waals surface area contributed by atoms with Gasteiger partial charge in [0.05, 0.1) is 19.2 Å². The molecule has 0 saturated heterocycles. The summed E-state index contributed by atoms with van der Waals surface area (Å²) in [5.74, 6) is 1.44. The van der Waals surface area contributed by atoms with Gasteiger partial charge in [-0.1, -0.05) is 25.0 Å². The van der Waals surface area contributed by atoms with E-state index < -0.39 is 0 Å². The zero-order valence-corrected chi connectivity index (χ0v) is 12.8. The van der Waals surface area contributed by atoms with Gasteiger partial charge in [0.25, 0.3) is 0 Å². The highest BCUT2D eigenvalue weighted by molar-refractivity contribution is 5.89. The predicted molar refractivity (Wildman–Crippen MR) is 84.6 cm³/mol. The van der Waals surface area contributed by atoms with E-state index in [1.165, 1.54) is 32.8 Å². The molecule has 116 valence electrons. The highest BCUT2D eigenvalue weighted by Gasteiger charge is 2.15. The maximum absolute atomic E-state index is 11.4. The molecule has 0 radical (unpaired) electrons. The lowest BCUT2D eigenvalue weighted by Crippen LogP contribution is -2.24. The van der Waals surface area contributed by atoms with Crippen LogP contribution in [-0.4, -0.2) is 19.1 Å². The molecular formula is C18H21NO3. The van der Waals surface area contributed by atoms with Gasteiger partial charge in [-0.25, -0.2) is 4.79 Å². The Labute approximate surface area is 130 Å². The van der Waals surface area contributed by atoms with Gasteiger partial charge in [-0.2, -0.15) is 0 Å². The van der Waals surface area contributed by atoms with Crippen molar-refractivity contribution in [1.82, 2.24) is 5.32 Å². The van der Waals surface area contributed by atoms with Gasteiger partial charge >= 0.3 is 5.97 Å². The molecule has 1 saturated carbocycles. The van der Waals surface area contributed by atoms with E-state index in [0.717, 1.165) is 23.6 Å². The Bertz CT molecular complexity index is 624. The second-order valence-corrected chi connectivity index (χ2v) is 5.70. The summed E-state index contributed by atoms with van der Waals surface area (Å²) in [6.07, 6.45) is 5.19. The third-order valence-electron chi connectivity index (χ3n) is 4.17.